The molecular formula is C22H17F3N2O. The molecule has 0 aromatic heterocycles. The molecule has 0 aliphatic rings. The average Bonchev–Trinajstić information content (AvgIpc) is 2.69. The molecule has 0 bridgehead atoms. The Labute approximate surface area is 160 Å². The van der Waals surface area contributed by atoms with Crippen LogP contribution < -0.4 is 10.6 Å². The predicted molar refractivity (Wildman–Crippen MR) is 103 cm³/mol. The van der Waals surface area contributed by atoms with Crippen LogP contribution in [0.5, 0.6) is 0 Å². The number of carbonyl (C=O) groups is 1. The lowest BCUT2D eigenvalue weighted by molar-refractivity contribution is -0.137. The minimum Gasteiger partial charge on any atom is -0.334 e. The SMILES string of the molecule is O=C(NCC#Cc1cccc(C(F)(F)F)c1)NCc1cccc2ccccc12. The summed E-state index contributed by atoms with van der Waals surface area (Å²) in [5.74, 6) is 5.27. The van der Waals surface area contributed by atoms with E-state index in [1.165, 1.54) is 12.1 Å². The van der Waals surface area contributed by atoms with Crippen LogP contribution in [0.15, 0.2) is 66.7 Å². The smallest absolute Gasteiger partial charge is 0.334 e. The molecule has 0 spiro atoms. The second-order valence-electron chi connectivity index (χ2n) is 6.05. The quantitative estimate of drug-likeness (QED) is 0.633. The number of amides is 2. The summed E-state index contributed by atoms with van der Waals surface area (Å²) in [4.78, 5) is 11.9. The maximum Gasteiger partial charge on any atom is 0.416 e. The van der Waals surface area contributed by atoms with Crippen LogP contribution in [0.1, 0.15) is 16.7 Å². The van der Waals surface area contributed by atoms with Crippen molar-refractivity contribution in [2.75, 3.05) is 6.54 Å². The Morgan fingerprint density at radius 1 is 0.929 bits per heavy atom. The first kappa shape index (κ1) is 19.3. The fourth-order valence-corrected chi connectivity index (χ4v) is 2.73. The zero-order valence-electron chi connectivity index (χ0n) is 14.8. The molecule has 3 rings (SSSR count). The van der Waals surface area contributed by atoms with E-state index in [1.807, 2.05) is 42.5 Å². The van der Waals surface area contributed by atoms with Crippen molar-refractivity contribution < 1.29 is 18.0 Å². The summed E-state index contributed by atoms with van der Waals surface area (Å²) in [7, 11) is 0. The third-order valence-corrected chi connectivity index (χ3v) is 4.08. The number of rotatable bonds is 3. The van der Waals surface area contributed by atoms with Crippen LogP contribution in [-0.4, -0.2) is 12.6 Å². The highest BCUT2D eigenvalue weighted by molar-refractivity contribution is 5.86. The molecule has 0 radical (unpaired) electrons. The molecule has 28 heavy (non-hydrogen) atoms. The third-order valence-electron chi connectivity index (χ3n) is 4.08. The van der Waals surface area contributed by atoms with E-state index >= 15 is 0 Å². The molecule has 0 saturated heterocycles. The minimum absolute atomic E-state index is 0.0254. The van der Waals surface area contributed by atoms with Gasteiger partial charge in [0.25, 0.3) is 0 Å². The maximum atomic E-state index is 12.7. The van der Waals surface area contributed by atoms with Crippen molar-refractivity contribution >= 4 is 16.8 Å². The van der Waals surface area contributed by atoms with Gasteiger partial charge in [-0.05, 0) is 34.5 Å². The number of hydrogen-bond acceptors (Lipinski definition) is 1. The predicted octanol–water partition coefficient (Wildman–Crippen LogP) is 4.71. The molecule has 0 fully saturated rings. The highest BCUT2D eigenvalue weighted by Crippen LogP contribution is 2.29. The van der Waals surface area contributed by atoms with Gasteiger partial charge in [0.15, 0.2) is 0 Å². The van der Waals surface area contributed by atoms with Crippen LogP contribution in [-0.2, 0) is 12.7 Å². The number of halogens is 3. The zero-order chi connectivity index (χ0) is 20.0. The van der Waals surface area contributed by atoms with E-state index < -0.39 is 17.8 Å². The summed E-state index contributed by atoms with van der Waals surface area (Å²) in [6.07, 6.45) is -4.41. The highest BCUT2D eigenvalue weighted by atomic mass is 19.4. The lowest BCUT2D eigenvalue weighted by atomic mass is 10.0. The van der Waals surface area contributed by atoms with E-state index in [9.17, 15) is 18.0 Å². The monoisotopic (exact) mass is 382 g/mol. The van der Waals surface area contributed by atoms with Gasteiger partial charge in [0.05, 0.1) is 12.1 Å². The summed E-state index contributed by atoms with van der Waals surface area (Å²) in [5, 5.41) is 7.48. The van der Waals surface area contributed by atoms with Gasteiger partial charge in [-0.25, -0.2) is 4.79 Å². The molecule has 3 aromatic carbocycles. The Morgan fingerprint density at radius 2 is 1.68 bits per heavy atom. The first-order chi connectivity index (χ1) is 13.4. The van der Waals surface area contributed by atoms with Crippen molar-refractivity contribution in [3.05, 3.63) is 83.4 Å². The van der Waals surface area contributed by atoms with Crippen LogP contribution in [0.2, 0.25) is 0 Å². The number of benzene rings is 3. The van der Waals surface area contributed by atoms with E-state index in [0.717, 1.165) is 28.5 Å². The van der Waals surface area contributed by atoms with Crippen LogP contribution in [0.4, 0.5) is 18.0 Å². The van der Waals surface area contributed by atoms with Gasteiger partial charge < -0.3 is 10.6 Å². The van der Waals surface area contributed by atoms with Crippen molar-refractivity contribution in [3.63, 3.8) is 0 Å². The second kappa shape index (κ2) is 8.49. The molecule has 0 aliphatic carbocycles. The highest BCUT2D eigenvalue weighted by Gasteiger charge is 2.30. The van der Waals surface area contributed by atoms with E-state index in [2.05, 4.69) is 22.5 Å². The molecule has 0 aliphatic heterocycles. The zero-order valence-corrected chi connectivity index (χ0v) is 14.8. The van der Waals surface area contributed by atoms with Crippen molar-refractivity contribution in [1.82, 2.24) is 10.6 Å². The summed E-state index contributed by atoms with van der Waals surface area (Å²) >= 11 is 0. The summed E-state index contributed by atoms with van der Waals surface area (Å²) in [6.45, 7) is 0.381. The van der Waals surface area contributed by atoms with Crippen molar-refractivity contribution in [2.24, 2.45) is 0 Å². The molecule has 2 amide bonds. The van der Waals surface area contributed by atoms with Gasteiger partial charge in [-0.2, -0.15) is 13.2 Å². The van der Waals surface area contributed by atoms with E-state index in [4.69, 9.17) is 0 Å². The number of urea groups is 1. The Hall–Kier alpha value is -3.46. The number of alkyl halides is 3. The molecule has 0 atom stereocenters. The molecule has 0 heterocycles. The summed E-state index contributed by atoms with van der Waals surface area (Å²) in [6, 6.07) is 18.1. The van der Waals surface area contributed by atoms with Gasteiger partial charge in [-0.15, -0.1) is 0 Å². The Kier molecular flexibility index (Phi) is 5.85. The Morgan fingerprint density at radius 3 is 2.50 bits per heavy atom. The van der Waals surface area contributed by atoms with Gasteiger partial charge in [0.1, 0.15) is 0 Å². The molecule has 3 nitrogen and oxygen atoms in total. The van der Waals surface area contributed by atoms with Crippen LogP contribution in [0.25, 0.3) is 10.8 Å². The summed E-state index contributed by atoms with van der Waals surface area (Å²) in [5.41, 5.74) is 0.483. The molecule has 3 aromatic rings. The van der Waals surface area contributed by atoms with Crippen molar-refractivity contribution in [3.8, 4) is 11.8 Å². The second-order valence-corrected chi connectivity index (χ2v) is 6.05. The first-order valence-corrected chi connectivity index (χ1v) is 8.58. The Balaban J connectivity index is 1.52. The van der Waals surface area contributed by atoms with Crippen molar-refractivity contribution in [2.45, 2.75) is 12.7 Å². The van der Waals surface area contributed by atoms with Gasteiger partial charge >= 0.3 is 12.2 Å². The molecule has 0 unspecified atom stereocenters. The molecular weight excluding hydrogens is 365 g/mol. The topological polar surface area (TPSA) is 41.1 Å². The third kappa shape index (κ3) is 5.04. The minimum atomic E-state index is -4.41. The molecule has 142 valence electrons. The molecule has 2 N–H and O–H groups in total. The molecule has 0 saturated carbocycles. The maximum absolute atomic E-state index is 12.7. The number of hydrogen-bond donors (Lipinski definition) is 2. The first-order valence-electron chi connectivity index (χ1n) is 8.58. The summed E-state index contributed by atoms with van der Waals surface area (Å²) < 4.78 is 38.0. The van der Waals surface area contributed by atoms with Crippen LogP contribution in [0.3, 0.4) is 0 Å². The molecule has 6 heteroatoms. The average molecular weight is 382 g/mol. The number of fused-ring (bicyclic) bond motifs is 1. The largest absolute Gasteiger partial charge is 0.416 e. The van der Waals surface area contributed by atoms with Gasteiger partial charge in [-0.1, -0.05) is 60.4 Å². The number of nitrogens with one attached hydrogen (secondary N) is 2. The standard InChI is InChI=1S/C22H17F3N2O/c23-22(24,25)19-11-3-6-16(14-19)7-5-13-26-21(28)27-15-18-10-4-9-17-8-1-2-12-20(17)18/h1-4,6,8-12,14H,13,15H2,(H2,26,27,28). The fraction of sp³-hybridized carbons (Fsp3) is 0.136. The van der Waals surface area contributed by atoms with E-state index in [1.54, 1.807) is 0 Å². The van der Waals surface area contributed by atoms with Gasteiger partial charge in [0, 0.05) is 12.1 Å². The normalized spacial score (nSPS) is 10.8. The fourth-order valence-electron chi connectivity index (χ4n) is 2.73. The van der Waals surface area contributed by atoms with E-state index in [-0.39, 0.29) is 12.1 Å². The van der Waals surface area contributed by atoms with Crippen LogP contribution >= 0.6 is 0 Å². The lowest BCUT2D eigenvalue weighted by Gasteiger charge is -2.08. The van der Waals surface area contributed by atoms with Crippen molar-refractivity contribution in [1.29, 1.82) is 0 Å². The van der Waals surface area contributed by atoms with Crippen LogP contribution in [0, 0.1) is 11.8 Å². The lowest BCUT2D eigenvalue weighted by Crippen LogP contribution is -2.35. The van der Waals surface area contributed by atoms with E-state index in [0.29, 0.717) is 6.54 Å². The Bertz CT molecular complexity index is 1040. The van der Waals surface area contributed by atoms with Gasteiger partial charge in [-0.3, -0.25) is 0 Å². The number of carbonyl (C=O) groups excluding carboxylic acids is 1. The van der Waals surface area contributed by atoms with Gasteiger partial charge in [0.2, 0.25) is 0 Å².